The number of rotatable bonds is 5. The summed E-state index contributed by atoms with van der Waals surface area (Å²) in [7, 11) is 5.73. The molecule has 0 spiro atoms. The molecular weight excluding hydrogens is 240 g/mol. The van der Waals surface area contributed by atoms with Gasteiger partial charge in [0, 0.05) is 30.2 Å². The number of para-hydroxylation sites is 1. The number of Topliss-reactive ketones (excluding diaryl/α,β-unsaturated/α-hetero) is 1. The van der Waals surface area contributed by atoms with Crippen molar-refractivity contribution >= 4 is 16.7 Å². The quantitative estimate of drug-likeness (QED) is 0.774. The van der Waals surface area contributed by atoms with Gasteiger partial charge in [-0.1, -0.05) is 12.1 Å². The van der Waals surface area contributed by atoms with E-state index in [0.29, 0.717) is 0 Å². The molecule has 0 saturated carbocycles. The minimum Gasteiger partial charge on any atom is -0.495 e. The lowest BCUT2D eigenvalue weighted by Gasteiger charge is -2.12. The molecule has 1 heterocycles. The van der Waals surface area contributed by atoms with Crippen molar-refractivity contribution in [3.63, 3.8) is 0 Å². The summed E-state index contributed by atoms with van der Waals surface area (Å²) in [5.41, 5.74) is 1.75. The monoisotopic (exact) mass is 260 g/mol. The standard InChI is InChI=1S/C15H20N2O2/c1-11(18)13-10-17(9-8-16(2)3)15-12(13)6-5-7-14(15)19-4/h5-7,10H,8-9H2,1-4H3. The molecule has 2 aromatic rings. The Morgan fingerprint density at radius 1 is 1.37 bits per heavy atom. The average Bonchev–Trinajstić information content (AvgIpc) is 2.75. The minimum absolute atomic E-state index is 0.0851. The summed E-state index contributed by atoms with van der Waals surface area (Å²) < 4.78 is 7.52. The fourth-order valence-electron chi connectivity index (χ4n) is 2.26. The number of hydrogen-bond donors (Lipinski definition) is 0. The Labute approximate surface area is 113 Å². The third-order valence-corrected chi connectivity index (χ3v) is 3.25. The second-order valence-corrected chi connectivity index (χ2v) is 4.95. The molecule has 1 aromatic carbocycles. The number of carbonyl (C=O) groups excluding carboxylic acids is 1. The van der Waals surface area contributed by atoms with E-state index in [0.717, 1.165) is 35.3 Å². The normalized spacial score (nSPS) is 11.2. The van der Waals surface area contributed by atoms with E-state index in [1.807, 2.05) is 38.5 Å². The molecule has 0 N–H and O–H groups in total. The van der Waals surface area contributed by atoms with Crippen LogP contribution < -0.4 is 4.74 Å². The van der Waals surface area contributed by atoms with Crippen molar-refractivity contribution in [3.05, 3.63) is 30.0 Å². The largest absolute Gasteiger partial charge is 0.495 e. The molecule has 0 atom stereocenters. The van der Waals surface area contributed by atoms with E-state index in [4.69, 9.17) is 4.74 Å². The lowest BCUT2D eigenvalue weighted by Crippen LogP contribution is -2.18. The van der Waals surface area contributed by atoms with Gasteiger partial charge in [0.2, 0.25) is 0 Å². The van der Waals surface area contributed by atoms with Gasteiger partial charge in [0.25, 0.3) is 0 Å². The molecule has 19 heavy (non-hydrogen) atoms. The summed E-state index contributed by atoms with van der Waals surface area (Å²) in [5.74, 6) is 0.894. The molecule has 0 aliphatic heterocycles. The lowest BCUT2D eigenvalue weighted by molar-refractivity contribution is 0.101. The number of likely N-dealkylation sites (N-methyl/N-ethyl adjacent to an activating group) is 1. The highest BCUT2D eigenvalue weighted by Crippen LogP contribution is 2.30. The highest BCUT2D eigenvalue weighted by atomic mass is 16.5. The molecule has 4 nitrogen and oxygen atoms in total. The van der Waals surface area contributed by atoms with E-state index in [1.54, 1.807) is 14.0 Å². The second kappa shape index (κ2) is 5.45. The SMILES string of the molecule is COc1cccc2c(C(C)=O)cn(CCN(C)C)c12. The van der Waals surface area contributed by atoms with Gasteiger partial charge in [-0.25, -0.2) is 0 Å². The molecule has 0 radical (unpaired) electrons. The molecule has 4 heteroatoms. The van der Waals surface area contributed by atoms with E-state index >= 15 is 0 Å². The molecule has 0 unspecified atom stereocenters. The Balaban J connectivity index is 2.58. The third-order valence-electron chi connectivity index (χ3n) is 3.25. The molecule has 2 rings (SSSR count). The number of hydrogen-bond acceptors (Lipinski definition) is 3. The van der Waals surface area contributed by atoms with E-state index in [1.165, 1.54) is 0 Å². The maximum Gasteiger partial charge on any atom is 0.161 e. The van der Waals surface area contributed by atoms with Gasteiger partial charge in [-0.05, 0) is 27.1 Å². The van der Waals surface area contributed by atoms with Crippen LogP contribution in [-0.4, -0.2) is 43.0 Å². The number of nitrogens with zero attached hydrogens (tertiary/aromatic N) is 2. The Bertz CT molecular complexity index is 599. The molecule has 1 aromatic heterocycles. The topological polar surface area (TPSA) is 34.5 Å². The van der Waals surface area contributed by atoms with E-state index in [-0.39, 0.29) is 5.78 Å². The minimum atomic E-state index is 0.0851. The number of methoxy groups -OCH3 is 1. The zero-order chi connectivity index (χ0) is 14.0. The molecule has 0 bridgehead atoms. The predicted molar refractivity (Wildman–Crippen MR) is 77.0 cm³/mol. The maximum atomic E-state index is 11.7. The summed E-state index contributed by atoms with van der Waals surface area (Å²) in [5, 5.41) is 0.964. The van der Waals surface area contributed by atoms with Crippen LogP contribution in [0.1, 0.15) is 17.3 Å². The van der Waals surface area contributed by atoms with Crippen molar-refractivity contribution in [2.24, 2.45) is 0 Å². The first kappa shape index (κ1) is 13.6. The smallest absolute Gasteiger partial charge is 0.161 e. The molecule has 0 saturated heterocycles. The van der Waals surface area contributed by atoms with Crippen LogP contribution in [0.25, 0.3) is 10.9 Å². The van der Waals surface area contributed by atoms with Crippen molar-refractivity contribution in [2.75, 3.05) is 27.7 Å². The van der Waals surface area contributed by atoms with Crippen molar-refractivity contribution in [1.29, 1.82) is 0 Å². The summed E-state index contributed by atoms with van der Waals surface area (Å²) in [6.07, 6.45) is 1.93. The van der Waals surface area contributed by atoms with Crippen LogP contribution in [0.15, 0.2) is 24.4 Å². The number of ketones is 1. The van der Waals surface area contributed by atoms with Gasteiger partial charge in [0.1, 0.15) is 5.75 Å². The third kappa shape index (κ3) is 2.63. The van der Waals surface area contributed by atoms with E-state index in [9.17, 15) is 4.79 Å². The van der Waals surface area contributed by atoms with Gasteiger partial charge in [-0.2, -0.15) is 0 Å². The Hall–Kier alpha value is -1.81. The highest BCUT2D eigenvalue weighted by Gasteiger charge is 2.15. The maximum absolute atomic E-state index is 11.7. The van der Waals surface area contributed by atoms with Crippen molar-refractivity contribution in [3.8, 4) is 5.75 Å². The second-order valence-electron chi connectivity index (χ2n) is 4.95. The number of fused-ring (bicyclic) bond motifs is 1. The number of aromatic nitrogens is 1. The van der Waals surface area contributed by atoms with Crippen LogP contribution in [0.2, 0.25) is 0 Å². The molecule has 0 amide bonds. The van der Waals surface area contributed by atoms with Crippen LogP contribution in [0.3, 0.4) is 0 Å². The van der Waals surface area contributed by atoms with Gasteiger partial charge >= 0.3 is 0 Å². The predicted octanol–water partition coefficient (Wildman–Crippen LogP) is 2.41. The molecule has 0 fully saturated rings. The van der Waals surface area contributed by atoms with Gasteiger partial charge in [-0.15, -0.1) is 0 Å². The summed E-state index contributed by atoms with van der Waals surface area (Å²) in [6.45, 7) is 3.35. The van der Waals surface area contributed by atoms with Gasteiger partial charge in [0.05, 0.1) is 12.6 Å². The number of carbonyl (C=O) groups is 1. The Kier molecular flexibility index (Phi) is 3.90. The van der Waals surface area contributed by atoms with Gasteiger partial charge < -0.3 is 14.2 Å². The first-order valence-electron chi connectivity index (χ1n) is 6.36. The van der Waals surface area contributed by atoms with Crippen molar-refractivity contribution < 1.29 is 9.53 Å². The van der Waals surface area contributed by atoms with Gasteiger partial charge in [-0.3, -0.25) is 4.79 Å². The fourth-order valence-corrected chi connectivity index (χ4v) is 2.26. The number of ether oxygens (including phenoxy) is 1. The van der Waals surface area contributed by atoms with E-state index < -0.39 is 0 Å². The van der Waals surface area contributed by atoms with Crippen molar-refractivity contribution in [2.45, 2.75) is 13.5 Å². The summed E-state index contributed by atoms with van der Waals surface area (Å²) in [6, 6.07) is 5.82. The average molecular weight is 260 g/mol. The molecule has 0 aliphatic carbocycles. The summed E-state index contributed by atoms with van der Waals surface area (Å²) >= 11 is 0. The Morgan fingerprint density at radius 2 is 2.11 bits per heavy atom. The van der Waals surface area contributed by atoms with Gasteiger partial charge in [0.15, 0.2) is 5.78 Å². The molecule has 102 valence electrons. The zero-order valence-electron chi connectivity index (χ0n) is 11.9. The molecular formula is C15H20N2O2. The van der Waals surface area contributed by atoms with Crippen LogP contribution in [0.5, 0.6) is 5.75 Å². The zero-order valence-corrected chi connectivity index (χ0v) is 11.9. The highest BCUT2D eigenvalue weighted by molar-refractivity contribution is 6.08. The fraction of sp³-hybridized carbons (Fsp3) is 0.400. The van der Waals surface area contributed by atoms with Crippen LogP contribution >= 0.6 is 0 Å². The van der Waals surface area contributed by atoms with Crippen LogP contribution in [0.4, 0.5) is 0 Å². The molecule has 0 aliphatic rings. The lowest BCUT2D eigenvalue weighted by atomic mass is 10.1. The van der Waals surface area contributed by atoms with Crippen LogP contribution in [0, 0.1) is 0 Å². The number of benzene rings is 1. The van der Waals surface area contributed by atoms with Crippen molar-refractivity contribution in [1.82, 2.24) is 9.47 Å². The Morgan fingerprint density at radius 3 is 2.68 bits per heavy atom. The first-order valence-corrected chi connectivity index (χ1v) is 6.36. The van der Waals surface area contributed by atoms with E-state index in [2.05, 4.69) is 9.47 Å². The summed E-state index contributed by atoms with van der Waals surface area (Å²) in [4.78, 5) is 13.9. The first-order chi connectivity index (χ1) is 9.04. The van der Waals surface area contributed by atoms with Crippen LogP contribution in [-0.2, 0) is 6.54 Å².